The largest absolute Gasteiger partial charge is 0.369 e. The van der Waals surface area contributed by atoms with Gasteiger partial charge in [0.2, 0.25) is 0 Å². The van der Waals surface area contributed by atoms with E-state index in [-0.39, 0.29) is 6.03 Å². The second-order valence-corrected chi connectivity index (χ2v) is 5.52. The number of nitrogens with zero attached hydrogens (tertiary/aromatic N) is 1. The average molecular weight is 307 g/mol. The smallest absolute Gasteiger partial charge is 0.321 e. The van der Waals surface area contributed by atoms with Crippen LogP contribution in [0.25, 0.3) is 0 Å². The maximum atomic E-state index is 12.1. The number of ether oxygens (including phenoxy) is 1. The number of nitrogens with one attached hydrogen (secondary N) is 1. The SMILES string of the molecule is C#CCOCC1CCN(C(=O)Nc2ccc(Cl)cc2)CC1. The molecule has 0 aromatic heterocycles. The summed E-state index contributed by atoms with van der Waals surface area (Å²) in [6, 6.07) is 7.03. The van der Waals surface area contributed by atoms with Crippen LogP contribution in [0.15, 0.2) is 24.3 Å². The van der Waals surface area contributed by atoms with Crippen LogP contribution in [-0.2, 0) is 4.74 Å². The molecule has 112 valence electrons. The molecule has 0 saturated carbocycles. The van der Waals surface area contributed by atoms with Crippen LogP contribution in [0, 0.1) is 18.3 Å². The van der Waals surface area contributed by atoms with Gasteiger partial charge in [0.25, 0.3) is 0 Å². The zero-order chi connectivity index (χ0) is 15.1. The first kappa shape index (κ1) is 15.7. The molecule has 1 aromatic rings. The molecule has 1 saturated heterocycles. The van der Waals surface area contributed by atoms with Crippen molar-refractivity contribution in [2.24, 2.45) is 5.92 Å². The van der Waals surface area contributed by atoms with Crippen LogP contribution < -0.4 is 5.32 Å². The molecule has 0 spiro atoms. The molecule has 1 aliphatic heterocycles. The number of hydrogen-bond acceptors (Lipinski definition) is 2. The van der Waals surface area contributed by atoms with Crippen LogP contribution in [0.5, 0.6) is 0 Å². The van der Waals surface area contributed by atoms with Gasteiger partial charge in [-0.3, -0.25) is 0 Å². The molecule has 0 aliphatic carbocycles. The Morgan fingerprint density at radius 2 is 2.05 bits per heavy atom. The van der Waals surface area contributed by atoms with Gasteiger partial charge in [0.1, 0.15) is 6.61 Å². The average Bonchev–Trinajstić information content (AvgIpc) is 2.50. The fourth-order valence-corrected chi connectivity index (χ4v) is 2.45. The summed E-state index contributed by atoms with van der Waals surface area (Å²) in [4.78, 5) is 14.0. The molecule has 0 bridgehead atoms. The van der Waals surface area contributed by atoms with E-state index in [4.69, 9.17) is 22.8 Å². The predicted octanol–water partition coefficient (Wildman–Crippen LogP) is 3.23. The van der Waals surface area contributed by atoms with Crippen LogP contribution in [0.4, 0.5) is 10.5 Å². The number of hydrogen-bond donors (Lipinski definition) is 1. The van der Waals surface area contributed by atoms with Crippen molar-refractivity contribution in [1.29, 1.82) is 0 Å². The van der Waals surface area contributed by atoms with E-state index in [1.54, 1.807) is 24.3 Å². The van der Waals surface area contributed by atoms with Gasteiger partial charge in [-0.25, -0.2) is 4.79 Å². The van der Waals surface area contributed by atoms with Gasteiger partial charge in [0, 0.05) is 23.8 Å². The molecule has 0 atom stereocenters. The minimum absolute atomic E-state index is 0.0692. The quantitative estimate of drug-likeness (QED) is 0.685. The van der Waals surface area contributed by atoms with Crippen LogP contribution >= 0.6 is 11.6 Å². The molecule has 5 heteroatoms. The molecule has 1 N–H and O–H groups in total. The van der Waals surface area contributed by atoms with Crippen molar-refractivity contribution in [3.8, 4) is 12.3 Å². The summed E-state index contributed by atoms with van der Waals surface area (Å²) in [6.45, 7) is 2.51. The van der Waals surface area contributed by atoms with Crippen molar-refractivity contribution in [1.82, 2.24) is 4.90 Å². The zero-order valence-corrected chi connectivity index (χ0v) is 12.6. The molecule has 21 heavy (non-hydrogen) atoms. The Morgan fingerprint density at radius 1 is 1.38 bits per heavy atom. The van der Waals surface area contributed by atoms with Crippen molar-refractivity contribution in [3.05, 3.63) is 29.3 Å². The fourth-order valence-electron chi connectivity index (χ4n) is 2.32. The Bertz CT molecular complexity index is 502. The van der Waals surface area contributed by atoms with E-state index in [1.165, 1.54) is 0 Å². The summed E-state index contributed by atoms with van der Waals surface area (Å²) in [5.41, 5.74) is 0.754. The van der Waals surface area contributed by atoms with Crippen molar-refractivity contribution in [3.63, 3.8) is 0 Å². The van der Waals surface area contributed by atoms with Gasteiger partial charge in [-0.2, -0.15) is 0 Å². The number of rotatable bonds is 4. The summed E-state index contributed by atoms with van der Waals surface area (Å²) in [7, 11) is 0. The standard InChI is InChI=1S/C16H19ClN2O2/c1-2-11-21-12-13-7-9-19(10-8-13)16(20)18-15-5-3-14(17)4-6-15/h1,3-6,13H,7-12H2,(H,18,20). The van der Waals surface area contributed by atoms with Gasteiger partial charge in [0.15, 0.2) is 0 Å². The first-order valence-electron chi connectivity index (χ1n) is 7.01. The number of carbonyl (C=O) groups is 1. The lowest BCUT2D eigenvalue weighted by molar-refractivity contribution is 0.0932. The number of benzene rings is 1. The van der Waals surface area contributed by atoms with Gasteiger partial charge < -0.3 is 15.0 Å². The molecular weight excluding hydrogens is 288 g/mol. The lowest BCUT2D eigenvalue weighted by atomic mass is 9.98. The number of likely N-dealkylation sites (tertiary alicyclic amines) is 1. The molecule has 1 aromatic carbocycles. The van der Waals surface area contributed by atoms with Gasteiger partial charge in [-0.15, -0.1) is 6.42 Å². The predicted molar refractivity (Wildman–Crippen MR) is 84.4 cm³/mol. The van der Waals surface area contributed by atoms with Crippen molar-refractivity contribution >= 4 is 23.3 Å². The summed E-state index contributed by atoms with van der Waals surface area (Å²) >= 11 is 5.82. The Hall–Kier alpha value is -1.70. The molecular formula is C16H19ClN2O2. The van der Waals surface area contributed by atoms with Crippen LogP contribution in [0.3, 0.4) is 0 Å². The highest BCUT2D eigenvalue weighted by molar-refractivity contribution is 6.30. The Morgan fingerprint density at radius 3 is 2.67 bits per heavy atom. The van der Waals surface area contributed by atoms with E-state index in [2.05, 4.69) is 11.2 Å². The minimum atomic E-state index is -0.0692. The maximum Gasteiger partial charge on any atom is 0.321 e. The number of halogens is 1. The maximum absolute atomic E-state index is 12.1. The number of anilines is 1. The van der Waals surface area contributed by atoms with Crippen molar-refractivity contribution in [2.45, 2.75) is 12.8 Å². The van der Waals surface area contributed by atoms with E-state index < -0.39 is 0 Å². The summed E-state index contributed by atoms with van der Waals surface area (Å²) in [5, 5.41) is 3.53. The van der Waals surface area contributed by atoms with Crippen molar-refractivity contribution in [2.75, 3.05) is 31.6 Å². The van der Waals surface area contributed by atoms with Crippen LogP contribution in [-0.4, -0.2) is 37.2 Å². The third-order valence-corrected chi connectivity index (χ3v) is 3.79. The van der Waals surface area contributed by atoms with E-state index in [0.29, 0.717) is 24.2 Å². The molecule has 1 heterocycles. The first-order chi connectivity index (χ1) is 10.2. The van der Waals surface area contributed by atoms with E-state index in [9.17, 15) is 4.79 Å². The molecule has 0 unspecified atom stereocenters. The monoisotopic (exact) mass is 306 g/mol. The summed E-state index contributed by atoms with van der Waals surface area (Å²) in [5.74, 6) is 2.94. The number of piperidine rings is 1. The van der Waals surface area contributed by atoms with E-state index in [0.717, 1.165) is 31.6 Å². The molecule has 4 nitrogen and oxygen atoms in total. The highest BCUT2D eigenvalue weighted by Gasteiger charge is 2.22. The van der Waals surface area contributed by atoms with E-state index >= 15 is 0 Å². The molecule has 1 fully saturated rings. The van der Waals surface area contributed by atoms with Gasteiger partial charge in [-0.1, -0.05) is 17.5 Å². The molecule has 1 aliphatic rings. The fraction of sp³-hybridized carbons (Fsp3) is 0.438. The molecule has 2 amide bonds. The summed E-state index contributed by atoms with van der Waals surface area (Å²) < 4.78 is 5.36. The van der Waals surface area contributed by atoms with Gasteiger partial charge in [0.05, 0.1) is 6.61 Å². The number of carbonyl (C=O) groups excluding carboxylic acids is 1. The second kappa shape index (κ2) is 7.92. The third-order valence-electron chi connectivity index (χ3n) is 3.54. The number of terminal acetylenes is 1. The van der Waals surface area contributed by atoms with Crippen molar-refractivity contribution < 1.29 is 9.53 Å². The third kappa shape index (κ3) is 4.96. The van der Waals surface area contributed by atoms with Gasteiger partial charge >= 0.3 is 6.03 Å². The first-order valence-corrected chi connectivity index (χ1v) is 7.39. The van der Waals surface area contributed by atoms with E-state index in [1.807, 2.05) is 4.90 Å². The van der Waals surface area contributed by atoms with Gasteiger partial charge in [-0.05, 0) is 43.0 Å². The zero-order valence-electron chi connectivity index (χ0n) is 11.8. The Labute approximate surface area is 130 Å². The topological polar surface area (TPSA) is 41.6 Å². The Kier molecular flexibility index (Phi) is 5.91. The second-order valence-electron chi connectivity index (χ2n) is 5.09. The normalized spacial score (nSPS) is 15.5. The number of amides is 2. The van der Waals surface area contributed by atoms with Crippen LogP contribution in [0.2, 0.25) is 5.02 Å². The molecule has 0 radical (unpaired) electrons. The highest BCUT2D eigenvalue weighted by atomic mass is 35.5. The number of urea groups is 1. The molecule has 2 rings (SSSR count). The van der Waals surface area contributed by atoms with Crippen LogP contribution in [0.1, 0.15) is 12.8 Å². The lowest BCUT2D eigenvalue weighted by Gasteiger charge is -2.31. The summed E-state index contributed by atoms with van der Waals surface area (Å²) in [6.07, 6.45) is 7.03. The highest BCUT2D eigenvalue weighted by Crippen LogP contribution is 2.19. The Balaban J connectivity index is 1.75. The minimum Gasteiger partial charge on any atom is -0.369 e. The lowest BCUT2D eigenvalue weighted by Crippen LogP contribution is -2.41.